The van der Waals surface area contributed by atoms with E-state index in [1.165, 1.54) is 17.5 Å². The highest BCUT2D eigenvalue weighted by Crippen LogP contribution is 2.27. The average molecular weight is 450 g/mol. The fourth-order valence-corrected chi connectivity index (χ4v) is 5.71. The highest BCUT2D eigenvalue weighted by Gasteiger charge is 2.31. The van der Waals surface area contributed by atoms with Crippen LogP contribution in [0.1, 0.15) is 52.9 Å². The SMILES string of the molecule is Cc1c(NCC2Cc3ccccc3C2)ncnc1C(=O)N1CCC(N2CCC(O)CC2)CC1. The number of hydrogen-bond donors (Lipinski definition) is 2. The minimum Gasteiger partial charge on any atom is -0.393 e. The summed E-state index contributed by atoms with van der Waals surface area (Å²) in [6, 6.07) is 9.18. The molecule has 3 heterocycles. The van der Waals surface area contributed by atoms with Crippen molar-refractivity contribution < 1.29 is 9.90 Å². The molecule has 2 aliphatic heterocycles. The van der Waals surface area contributed by atoms with Crippen LogP contribution >= 0.6 is 0 Å². The normalized spacial score (nSPS) is 20.7. The molecule has 0 spiro atoms. The first kappa shape index (κ1) is 22.3. The monoisotopic (exact) mass is 449 g/mol. The van der Waals surface area contributed by atoms with Crippen LogP contribution in [0.5, 0.6) is 0 Å². The van der Waals surface area contributed by atoms with Gasteiger partial charge in [0.15, 0.2) is 0 Å². The minimum atomic E-state index is -0.143. The summed E-state index contributed by atoms with van der Waals surface area (Å²) >= 11 is 0. The van der Waals surface area contributed by atoms with Gasteiger partial charge < -0.3 is 20.2 Å². The van der Waals surface area contributed by atoms with Crippen molar-refractivity contribution in [3.8, 4) is 0 Å². The number of likely N-dealkylation sites (tertiary alicyclic amines) is 2. The summed E-state index contributed by atoms with van der Waals surface area (Å²) in [6.45, 7) is 6.24. The van der Waals surface area contributed by atoms with Crippen molar-refractivity contribution in [1.29, 1.82) is 0 Å². The Morgan fingerprint density at radius 3 is 2.36 bits per heavy atom. The van der Waals surface area contributed by atoms with Crippen molar-refractivity contribution in [3.05, 3.63) is 53.0 Å². The first-order valence-electron chi connectivity index (χ1n) is 12.4. The van der Waals surface area contributed by atoms with Crippen molar-refractivity contribution >= 4 is 11.7 Å². The molecule has 1 aromatic heterocycles. The maximum absolute atomic E-state index is 13.3. The molecule has 0 bridgehead atoms. The number of fused-ring (bicyclic) bond motifs is 1. The molecule has 1 aliphatic carbocycles. The summed E-state index contributed by atoms with van der Waals surface area (Å²) < 4.78 is 0. The Morgan fingerprint density at radius 2 is 1.70 bits per heavy atom. The molecule has 0 radical (unpaired) electrons. The molecular formula is C26H35N5O2. The number of rotatable bonds is 5. The Labute approximate surface area is 196 Å². The number of aliphatic hydroxyl groups is 1. The number of nitrogens with zero attached hydrogens (tertiary/aromatic N) is 4. The maximum atomic E-state index is 13.3. The fourth-order valence-electron chi connectivity index (χ4n) is 5.71. The highest BCUT2D eigenvalue weighted by molar-refractivity contribution is 5.94. The van der Waals surface area contributed by atoms with Gasteiger partial charge in [-0.25, -0.2) is 9.97 Å². The van der Waals surface area contributed by atoms with Crippen LogP contribution in [0.4, 0.5) is 5.82 Å². The third kappa shape index (κ3) is 4.89. The second kappa shape index (κ2) is 9.77. The Hall–Kier alpha value is -2.51. The van der Waals surface area contributed by atoms with Gasteiger partial charge in [0.05, 0.1) is 6.10 Å². The zero-order valence-electron chi connectivity index (χ0n) is 19.5. The number of carbonyl (C=O) groups is 1. The molecule has 5 rings (SSSR count). The zero-order chi connectivity index (χ0) is 22.8. The van der Waals surface area contributed by atoms with Crippen LogP contribution in [0.15, 0.2) is 30.6 Å². The van der Waals surface area contributed by atoms with E-state index in [2.05, 4.69) is 44.5 Å². The number of piperidine rings is 2. The first-order chi connectivity index (χ1) is 16.1. The van der Waals surface area contributed by atoms with Gasteiger partial charge in [0, 0.05) is 44.3 Å². The van der Waals surface area contributed by atoms with Crippen LogP contribution in [0, 0.1) is 12.8 Å². The average Bonchev–Trinajstić information content (AvgIpc) is 3.27. The van der Waals surface area contributed by atoms with Gasteiger partial charge in [-0.15, -0.1) is 0 Å². The predicted octanol–water partition coefficient (Wildman–Crippen LogP) is 2.67. The minimum absolute atomic E-state index is 0.0127. The number of carbonyl (C=O) groups excluding carboxylic acids is 1. The van der Waals surface area contributed by atoms with E-state index < -0.39 is 0 Å². The van der Waals surface area contributed by atoms with Gasteiger partial charge in [-0.1, -0.05) is 24.3 Å². The summed E-state index contributed by atoms with van der Waals surface area (Å²) in [4.78, 5) is 26.5. The molecule has 33 heavy (non-hydrogen) atoms. The second-order valence-electron chi connectivity index (χ2n) is 9.91. The molecule has 2 saturated heterocycles. The summed E-state index contributed by atoms with van der Waals surface area (Å²) in [6.07, 6.45) is 7.24. The molecule has 1 aromatic carbocycles. The standard InChI is InChI=1S/C26H35N5O2/c1-18-24(26(33)31-10-6-22(7-11-31)30-12-8-23(32)9-13-30)28-17-29-25(18)27-16-19-14-20-4-2-3-5-21(20)15-19/h2-5,17,19,22-23,32H,6-16H2,1H3,(H,27,28,29). The van der Waals surface area contributed by atoms with Crippen LogP contribution in [0.2, 0.25) is 0 Å². The smallest absolute Gasteiger partial charge is 0.272 e. The number of amides is 1. The van der Waals surface area contributed by atoms with Crippen molar-refractivity contribution in [2.45, 2.75) is 57.6 Å². The van der Waals surface area contributed by atoms with Crippen molar-refractivity contribution in [2.75, 3.05) is 38.0 Å². The Balaban J connectivity index is 1.16. The number of nitrogens with one attached hydrogen (secondary N) is 1. The molecule has 2 aromatic rings. The number of hydrogen-bond acceptors (Lipinski definition) is 6. The van der Waals surface area contributed by atoms with E-state index in [1.807, 2.05) is 11.8 Å². The van der Waals surface area contributed by atoms with Crippen LogP contribution in [0.3, 0.4) is 0 Å². The molecule has 0 saturated carbocycles. The summed E-state index contributed by atoms with van der Waals surface area (Å²) in [7, 11) is 0. The van der Waals surface area contributed by atoms with E-state index in [-0.39, 0.29) is 12.0 Å². The Bertz CT molecular complexity index is 955. The third-order valence-electron chi connectivity index (χ3n) is 7.75. The van der Waals surface area contributed by atoms with Crippen LogP contribution in [0.25, 0.3) is 0 Å². The van der Waals surface area contributed by atoms with Crippen molar-refractivity contribution in [3.63, 3.8) is 0 Å². The summed E-state index contributed by atoms with van der Waals surface area (Å²) in [5.74, 6) is 1.33. The van der Waals surface area contributed by atoms with E-state index >= 15 is 0 Å². The van der Waals surface area contributed by atoms with Crippen molar-refractivity contribution in [2.24, 2.45) is 5.92 Å². The number of aliphatic hydroxyl groups excluding tert-OH is 1. The number of anilines is 1. The van der Waals surface area contributed by atoms with Gasteiger partial charge in [0.1, 0.15) is 17.8 Å². The molecule has 2 fully saturated rings. The number of aromatic nitrogens is 2. The van der Waals surface area contributed by atoms with Gasteiger partial charge in [-0.2, -0.15) is 0 Å². The molecular weight excluding hydrogens is 414 g/mol. The van der Waals surface area contributed by atoms with E-state index in [0.29, 0.717) is 17.7 Å². The lowest BCUT2D eigenvalue weighted by Crippen LogP contribution is -2.49. The first-order valence-corrected chi connectivity index (χ1v) is 12.4. The molecule has 7 heteroatoms. The van der Waals surface area contributed by atoms with E-state index in [4.69, 9.17) is 0 Å². The third-order valence-corrected chi connectivity index (χ3v) is 7.75. The highest BCUT2D eigenvalue weighted by atomic mass is 16.3. The lowest BCUT2D eigenvalue weighted by atomic mass is 9.98. The molecule has 3 aliphatic rings. The number of benzene rings is 1. The lowest BCUT2D eigenvalue weighted by molar-refractivity contribution is 0.0355. The zero-order valence-corrected chi connectivity index (χ0v) is 19.5. The van der Waals surface area contributed by atoms with Gasteiger partial charge >= 0.3 is 0 Å². The Kier molecular flexibility index (Phi) is 6.60. The quantitative estimate of drug-likeness (QED) is 0.731. The van der Waals surface area contributed by atoms with Crippen LogP contribution in [-0.4, -0.2) is 75.7 Å². The molecule has 2 N–H and O–H groups in total. The van der Waals surface area contributed by atoms with Crippen LogP contribution < -0.4 is 5.32 Å². The molecule has 0 unspecified atom stereocenters. The molecule has 1 amide bonds. The molecule has 0 atom stereocenters. The van der Waals surface area contributed by atoms with E-state index in [1.54, 1.807) is 0 Å². The van der Waals surface area contributed by atoms with Crippen LogP contribution in [-0.2, 0) is 12.8 Å². The molecule has 176 valence electrons. The largest absolute Gasteiger partial charge is 0.393 e. The fraction of sp³-hybridized carbons (Fsp3) is 0.577. The van der Waals surface area contributed by atoms with E-state index in [0.717, 1.165) is 82.6 Å². The van der Waals surface area contributed by atoms with Gasteiger partial charge in [0.2, 0.25) is 0 Å². The lowest BCUT2D eigenvalue weighted by Gasteiger charge is -2.41. The summed E-state index contributed by atoms with van der Waals surface area (Å²) in [5, 5.41) is 13.3. The van der Waals surface area contributed by atoms with Gasteiger partial charge in [0.25, 0.3) is 5.91 Å². The van der Waals surface area contributed by atoms with Gasteiger partial charge in [-0.3, -0.25) is 4.79 Å². The van der Waals surface area contributed by atoms with E-state index in [9.17, 15) is 9.90 Å². The van der Waals surface area contributed by atoms with Crippen molar-refractivity contribution in [1.82, 2.24) is 19.8 Å². The maximum Gasteiger partial charge on any atom is 0.272 e. The predicted molar refractivity (Wildman–Crippen MR) is 128 cm³/mol. The summed E-state index contributed by atoms with van der Waals surface area (Å²) in [5.41, 5.74) is 4.25. The molecule has 7 nitrogen and oxygen atoms in total. The van der Waals surface area contributed by atoms with Gasteiger partial charge in [-0.05, 0) is 62.5 Å². The second-order valence-corrected chi connectivity index (χ2v) is 9.91. The Morgan fingerprint density at radius 1 is 1.03 bits per heavy atom. The topological polar surface area (TPSA) is 81.6 Å².